The van der Waals surface area contributed by atoms with Gasteiger partial charge in [0.2, 0.25) is 5.91 Å². The summed E-state index contributed by atoms with van der Waals surface area (Å²) in [7, 11) is 0. The molecule has 0 aliphatic heterocycles. The van der Waals surface area contributed by atoms with E-state index in [2.05, 4.69) is 20.5 Å². The van der Waals surface area contributed by atoms with Crippen LogP contribution in [0.4, 0.5) is 0 Å². The highest BCUT2D eigenvalue weighted by atomic mass is 16.2. The van der Waals surface area contributed by atoms with E-state index in [4.69, 9.17) is 5.73 Å². The van der Waals surface area contributed by atoms with Crippen molar-refractivity contribution in [3.8, 4) is 0 Å². The Labute approximate surface area is 82.3 Å². The molecule has 4 N–H and O–H groups in total. The number of hydrogen-bond acceptors (Lipinski definition) is 4. The fraction of sp³-hybridized carbons (Fsp3) is 0.625. The van der Waals surface area contributed by atoms with Gasteiger partial charge in [0.1, 0.15) is 12.2 Å². The molecule has 14 heavy (non-hydrogen) atoms. The number of rotatable bonds is 3. The second-order valence-electron chi connectivity index (χ2n) is 3.79. The number of H-pyrrole nitrogens is 1. The molecule has 0 radical (unpaired) electrons. The predicted molar refractivity (Wildman–Crippen MR) is 51.2 cm³/mol. The number of aromatic amines is 1. The molecule has 1 aromatic rings. The Morgan fingerprint density at radius 3 is 2.79 bits per heavy atom. The lowest BCUT2D eigenvalue weighted by Gasteiger charge is -2.20. The Balaban J connectivity index is 2.58. The number of nitrogens with two attached hydrogens (primary N) is 1. The summed E-state index contributed by atoms with van der Waals surface area (Å²) in [5.41, 5.74) is 4.74. The van der Waals surface area contributed by atoms with Crippen LogP contribution in [0.1, 0.15) is 32.6 Å². The molecule has 1 amide bonds. The van der Waals surface area contributed by atoms with Crippen LogP contribution in [0.2, 0.25) is 0 Å². The molecule has 1 atom stereocenters. The lowest BCUT2D eigenvalue weighted by Crippen LogP contribution is -2.49. The van der Waals surface area contributed by atoms with Gasteiger partial charge in [0.15, 0.2) is 0 Å². The number of nitrogens with zero attached hydrogens (tertiary/aromatic N) is 2. The van der Waals surface area contributed by atoms with Gasteiger partial charge in [-0.3, -0.25) is 9.89 Å². The Morgan fingerprint density at radius 2 is 2.36 bits per heavy atom. The second-order valence-corrected chi connectivity index (χ2v) is 3.79. The summed E-state index contributed by atoms with van der Waals surface area (Å²) in [6.45, 7) is 5.11. The summed E-state index contributed by atoms with van der Waals surface area (Å²) in [4.78, 5) is 15.4. The van der Waals surface area contributed by atoms with E-state index in [9.17, 15) is 4.79 Å². The van der Waals surface area contributed by atoms with Crippen LogP contribution in [-0.2, 0) is 4.79 Å². The fourth-order valence-corrected chi connectivity index (χ4v) is 0.875. The molecule has 0 spiro atoms. The molecular weight excluding hydrogens is 182 g/mol. The molecule has 0 fully saturated rings. The highest BCUT2D eigenvalue weighted by molar-refractivity contribution is 5.85. The zero-order chi connectivity index (χ0) is 10.8. The average Bonchev–Trinajstić information content (AvgIpc) is 2.53. The first kappa shape index (κ1) is 10.6. The van der Waals surface area contributed by atoms with Gasteiger partial charge in [-0.15, -0.1) is 0 Å². The number of hydrogen-bond donors (Lipinski definition) is 3. The Kier molecular flexibility index (Phi) is 2.85. The summed E-state index contributed by atoms with van der Waals surface area (Å²) in [5.74, 6) is 0.393. The Bertz CT molecular complexity index is 300. The fourth-order valence-electron chi connectivity index (χ4n) is 0.875. The highest BCUT2D eigenvalue weighted by Gasteiger charge is 2.24. The number of nitrogens with one attached hydrogen (secondary N) is 2. The molecule has 0 saturated carbocycles. The zero-order valence-electron chi connectivity index (χ0n) is 8.53. The van der Waals surface area contributed by atoms with Crippen LogP contribution in [0.25, 0.3) is 0 Å². The van der Waals surface area contributed by atoms with Gasteiger partial charge < -0.3 is 11.1 Å². The Morgan fingerprint density at radius 1 is 1.71 bits per heavy atom. The Hall–Kier alpha value is -1.43. The lowest BCUT2D eigenvalue weighted by atomic mass is 10.1. The van der Waals surface area contributed by atoms with Crippen LogP contribution in [-0.4, -0.2) is 26.6 Å². The van der Waals surface area contributed by atoms with Crippen molar-refractivity contribution in [2.45, 2.75) is 32.4 Å². The van der Waals surface area contributed by atoms with E-state index in [1.807, 2.05) is 6.92 Å². The molecule has 0 aliphatic rings. The topological polar surface area (TPSA) is 96.7 Å². The molecule has 0 saturated heterocycles. The van der Waals surface area contributed by atoms with E-state index in [-0.39, 0.29) is 11.9 Å². The van der Waals surface area contributed by atoms with E-state index in [1.54, 1.807) is 13.8 Å². The van der Waals surface area contributed by atoms with Crippen LogP contribution in [0, 0.1) is 0 Å². The van der Waals surface area contributed by atoms with Gasteiger partial charge in [-0.25, -0.2) is 4.98 Å². The van der Waals surface area contributed by atoms with Gasteiger partial charge in [-0.05, 0) is 20.8 Å². The molecule has 6 nitrogen and oxygen atoms in total. The van der Waals surface area contributed by atoms with E-state index in [0.717, 1.165) is 0 Å². The number of aromatic nitrogens is 3. The molecule has 78 valence electrons. The van der Waals surface area contributed by atoms with Crippen molar-refractivity contribution in [3.63, 3.8) is 0 Å². The van der Waals surface area contributed by atoms with Gasteiger partial charge in [0.05, 0.1) is 11.6 Å². The van der Waals surface area contributed by atoms with E-state index in [0.29, 0.717) is 5.82 Å². The molecule has 0 bridgehead atoms. The van der Waals surface area contributed by atoms with Crippen molar-refractivity contribution in [1.82, 2.24) is 20.5 Å². The van der Waals surface area contributed by atoms with E-state index >= 15 is 0 Å². The molecular formula is C8H15N5O. The monoisotopic (exact) mass is 197 g/mol. The van der Waals surface area contributed by atoms with Crippen LogP contribution in [0.5, 0.6) is 0 Å². The number of carbonyl (C=O) groups excluding carboxylic acids is 1. The predicted octanol–water partition coefficient (Wildman–Crippen LogP) is -0.281. The SMILES string of the molecule is CC(NC(=O)C(C)(C)N)c1ncn[nH]1. The van der Waals surface area contributed by atoms with Crippen molar-refractivity contribution in [2.75, 3.05) is 0 Å². The molecule has 6 heteroatoms. The van der Waals surface area contributed by atoms with Crippen LogP contribution in [0.3, 0.4) is 0 Å². The summed E-state index contributed by atoms with van der Waals surface area (Å²) in [6.07, 6.45) is 1.39. The van der Waals surface area contributed by atoms with Crippen molar-refractivity contribution < 1.29 is 4.79 Å². The van der Waals surface area contributed by atoms with Crippen molar-refractivity contribution in [2.24, 2.45) is 5.73 Å². The summed E-state index contributed by atoms with van der Waals surface area (Å²) in [5, 5.41) is 9.10. The van der Waals surface area contributed by atoms with Crippen molar-refractivity contribution in [3.05, 3.63) is 12.2 Å². The van der Waals surface area contributed by atoms with Crippen LogP contribution in [0.15, 0.2) is 6.33 Å². The minimum Gasteiger partial charge on any atom is -0.345 e. The molecule has 1 heterocycles. The standard InChI is InChI=1S/C8H15N5O/c1-5(6-10-4-11-13-6)12-7(14)8(2,3)9/h4-5H,9H2,1-3H3,(H,12,14)(H,10,11,13). The first-order valence-corrected chi connectivity index (χ1v) is 4.36. The highest BCUT2D eigenvalue weighted by Crippen LogP contribution is 2.06. The third-order valence-corrected chi connectivity index (χ3v) is 1.78. The maximum absolute atomic E-state index is 11.5. The van der Waals surface area contributed by atoms with E-state index < -0.39 is 5.54 Å². The van der Waals surface area contributed by atoms with Gasteiger partial charge >= 0.3 is 0 Å². The normalized spacial score (nSPS) is 13.7. The quantitative estimate of drug-likeness (QED) is 0.620. The third-order valence-electron chi connectivity index (χ3n) is 1.78. The van der Waals surface area contributed by atoms with Gasteiger partial charge in [-0.2, -0.15) is 5.10 Å². The van der Waals surface area contributed by atoms with Gasteiger partial charge in [0, 0.05) is 0 Å². The minimum atomic E-state index is -0.881. The first-order valence-electron chi connectivity index (χ1n) is 4.36. The van der Waals surface area contributed by atoms with Gasteiger partial charge in [0.25, 0.3) is 0 Å². The lowest BCUT2D eigenvalue weighted by molar-refractivity contribution is -0.125. The zero-order valence-corrected chi connectivity index (χ0v) is 8.53. The van der Waals surface area contributed by atoms with Crippen LogP contribution >= 0.6 is 0 Å². The third kappa shape index (κ3) is 2.53. The molecule has 1 unspecified atom stereocenters. The maximum atomic E-state index is 11.5. The number of carbonyl (C=O) groups is 1. The molecule has 1 aromatic heterocycles. The largest absolute Gasteiger partial charge is 0.345 e. The minimum absolute atomic E-state index is 0.215. The smallest absolute Gasteiger partial charge is 0.240 e. The summed E-state index contributed by atoms with van der Waals surface area (Å²) < 4.78 is 0. The number of amides is 1. The summed E-state index contributed by atoms with van der Waals surface area (Å²) in [6, 6.07) is -0.215. The van der Waals surface area contributed by atoms with Gasteiger partial charge in [-0.1, -0.05) is 0 Å². The first-order chi connectivity index (χ1) is 6.41. The molecule has 0 aliphatic carbocycles. The van der Waals surface area contributed by atoms with E-state index in [1.165, 1.54) is 6.33 Å². The molecule has 0 aromatic carbocycles. The maximum Gasteiger partial charge on any atom is 0.240 e. The second kappa shape index (κ2) is 3.75. The van der Waals surface area contributed by atoms with Crippen molar-refractivity contribution in [1.29, 1.82) is 0 Å². The van der Waals surface area contributed by atoms with Crippen molar-refractivity contribution >= 4 is 5.91 Å². The average molecular weight is 197 g/mol. The van der Waals surface area contributed by atoms with Crippen LogP contribution < -0.4 is 11.1 Å². The summed E-state index contributed by atoms with van der Waals surface area (Å²) >= 11 is 0. The molecule has 1 rings (SSSR count).